The number of rotatable bonds is 5. The van der Waals surface area contributed by atoms with Crippen LogP contribution >= 0.6 is 0 Å². The Kier molecular flexibility index (Phi) is 6.27. The molecule has 1 heterocycles. The van der Waals surface area contributed by atoms with Crippen LogP contribution in [-0.4, -0.2) is 16.9 Å². The summed E-state index contributed by atoms with van der Waals surface area (Å²) in [6, 6.07) is 7.08. The Morgan fingerprint density at radius 2 is 1.81 bits per heavy atom. The molecule has 0 saturated carbocycles. The lowest BCUT2D eigenvalue weighted by Crippen LogP contribution is -2.31. The summed E-state index contributed by atoms with van der Waals surface area (Å²) in [6.45, 7) is 7.15. The number of aromatic nitrogens is 1. The van der Waals surface area contributed by atoms with Gasteiger partial charge in [-0.05, 0) is 43.7 Å². The number of halogens is 1. The number of carbonyl (C=O) groups excluding carboxylic acids is 2. The quantitative estimate of drug-likeness (QED) is 0.755. The topological polar surface area (TPSA) is 83.1 Å². The molecule has 2 rings (SSSR count). The summed E-state index contributed by atoms with van der Waals surface area (Å²) >= 11 is 0. The van der Waals surface area contributed by atoms with Crippen LogP contribution in [0.1, 0.15) is 38.1 Å². The molecule has 3 N–H and O–H groups in total. The summed E-state index contributed by atoms with van der Waals surface area (Å²) in [5, 5.41) is 7.92. The summed E-state index contributed by atoms with van der Waals surface area (Å²) in [5.41, 5.74) is 2.16. The van der Waals surface area contributed by atoms with E-state index in [0.717, 1.165) is 11.3 Å². The monoisotopic (exact) mass is 358 g/mol. The van der Waals surface area contributed by atoms with Crippen molar-refractivity contribution < 1.29 is 14.0 Å². The van der Waals surface area contributed by atoms with E-state index in [-0.39, 0.29) is 23.6 Å². The van der Waals surface area contributed by atoms with Crippen molar-refractivity contribution in [2.75, 3.05) is 10.6 Å². The lowest BCUT2D eigenvalue weighted by molar-refractivity contribution is -0.118. The highest BCUT2D eigenvalue weighted by molar-refractivity contribution is 5.94. The molecule has 3 amide bonds. The number of anilines is 2. The number of carbonyl (C=O) groups is 2. The molecule has 0 radical (unpaired) electrons. The van der Waals surface area contributed by atoms with Crippen molar-refractivity contribution in [1.82, 2.24) is 10.3 Å². The molecule has 0 fully saturated rings. The average Bonchev–Trinajstić information content (AvgIpc) is 2.58. The minimum atomic E-state index is -0.566. The summed E-state index contributed by atoms with van der Waals surface area (Å²) in [4.78, 5) is 28.1. The van der Waals surface area contributed by atoms with E-state index in [9.17, 15) is 14.0 Å². The highest BCUT2D eigenvalue weighted by Gasteiger charge is 2.13. The van der Waals surface area contributed by atoms with Crippen molar-refractivity contribution in [3.05, 3.63) is 53.6 Å². The third-order valence-corrected chi connectivity index (χ3v) is 3.79. The third-order valence-electron chi connectivity index (χ3n) is 3.79. The number of aryl methyl sites for hydroxylation is 1. The average molecular weight is 358 g/mol. The first-order valence-electron chi connectivity index (χ1n) is 8.36. The Hall–Kier alpha value is -2.96. The van der Waals surface area contributed by atoms with Gasteiger partial charge in [0.15, 0.2) is 0 Å². The van der Waals surface area contributed by atoms with Crippen molar-refractivity contribution >= 4 is 23.3 Å². The van der Waals surface area contributed by atoms with E-state index in [2.05, 4.69) is 20.9 Å². The van der Waals surface area contributed by atoms with E-state index < -0.39 is 11.8 Å². The second-order valence-electron chi connectivity index (χ2n) is 6.39. The maximum absolute atomic E-state index is 13.8. The van der Waals surface area contributed by atoms with Crippen molar-refractivity contribution in [1.29, 1.82) is 0 Å². The fraction of sp³-hybridized carbons (Fsp3) is 0.316. The lowest BCUT2D eigenvalue weighted by atomic mass is 10.1. The van der Waals surface area contributed by atoms with Crippen LogP contribution in [0, 0.1) is 18.7 Å². The van der Waals surface area contributed by atoms with Crippen LogP contribution in [0.15, 0.2) is 36.5 Å². The molecular formula is C19H23FN4O2. The molecule has 0 spiro atoms. The number of hydrogen-bond donors (Lipinski definition) is 3. The van der Waals surface area contributed by atoms with Gasteiger partial charge in [0.1, 0.15) is 5.82 Å². The van der Waals surface area contributed by atoms with E-state index in [0.29, 0.717) is 5.69 Å². The van der Waals surface area contributed by atoms with Gasteiger partial charge in [0.2, 0.25) is 5.91 Å². The maximum atomic E-state index is 13.8. The zero-order valence-electron chi connectivity index (χ0n) is 15.3. The van der Waals surface area contributed by atoms with Crippen molar-refractivity contribution in [3.8, 4) is 0 Å². The van der Waals surface area contributed by atoms with E-state index in [1.165, 1.54) is 18.2 Å². The molecule has 26 heavy (non-hydrogen) atoms. The van der Waals surface area contributed by atoms with Crippen molar-refractivity contribution in [2.45, 2.75) is 33.7 Å². The molecule has 0 bridgehead atoms. The summed E-state index contributed by atoms with van der Waals surface area (Å²) in [5.74, 6) is -1.15. The minimum absolute atomic E-state index is 0.0253. The van der Waals surface area contributed by atoms with Crippen LogP contribution in [-0.2, 0) is 4.79 Å². The van der Waals surface area contributed by atoms with Gasteiger partial charge in [0.05, 0.1) is 11.7 Å². The summed E-state index contributed by atoms with van der Waals surface area (Å²) in [7, 11) is 0. The van der Waals surface area contributed by atoms with Gasteiger partial charge in [-0.2, -0.15) is 0 Å². The Morgan fingerprint density at radius 1 is 1.08 bits per heavy atom. The predicted molar refractivity (Wildman–Crippen MR) is 99.4 cm³/mol. The first kappa shape index (κ1) is 19.4. The molecule has 2 aromatic rings. The van der Waals surface area contributed by atoms with Crippen LogP contribution in [0.4, 0.5) is 20.6 Å². The molecule has 1 atom stereocenters. The van der Waals surface area contributed by atoms with Gasteiger partial charge in [-0.3, -0.25) is 9.78 Å². The highest BCUT2D eigenvalue weighted by atomic mass is 19.1. The number of pyridine rings is 1. The number of urea groups is 1. The van der Waals surface area contributed by atoms with Gasteiger partial charge in [-0.25, -0.2) is 9.18 Å². The van der Waals surface area contributed by atoms with E-state index in [1.807, 2.05) is 26.0 Å². The molecule has 6 nitrogen and oxygen atoms in total. The highest BCUT2D eigenvalue weighted by Crippen LogP contribution is 2.20. The number of amides is 3. The Balaban J connectivity index is 2.02. The standard InChI is InChI=1S/C19H23FN4O2/c1-11(2)18(25)24-17-9-15(7-8-16(17)20)23-19(26)22-13(4)14-6-5-12(3)21-10-14/h5-11,13H,1-4H3,(H,24,25)(H2,22,23,26)/t13-/m1/s1. The third kappa shape index (κ3) is 5.27. The van der Waals surface area contributed by atoms with Gasteiger partial charge in [0.25, 0.3) is 0 Å². The van der Waals surface area contributed by atoms with Crippen LogP contribution in [0.25, 0.3) is 0 Å². The van der Waals surface area contributed by atoms with Gasteiger partial charge >= 0.3 is 6.03 Å². The molecular weight excluding hydrogens is 335 g/mol. The fourth-order valence-corrected chi connectivity index (χ4v) is 2.16. The number of nitrogens with one attached hydrogen (secondary N) is 3. The van der Waals surface area contributed by atoms with Crippen molar-refractivity contribution in [2.24, 2.45) is 5.92 Å². The zero-order valence-corrected chi connectivity index (χ0v) is 15.3. The van der Waals surface area contributed by atoms with Gasteiger partial charge < -0.3 is 16.0 Å². The van der Waals surface area contributed by atoms with Crippen molar-refractivity contribution in [3.63, 3.8) is 0 Å². The molecule has 0 unspecified atom stereocenters. The molecule has 1 aromatic heterocycles. The van der Waals surface area contributed by atoms with Gasteiger partial charge in [-0.15, -0.1) is 0 Å². The largest absolute Gasteiger partial charge is 0.331 e. The Bertz CT molecular complexity index is 791. The second kappa shape index (κ2) is 8.42. The first-order chi connectivity index (χ1) is 12.3. The second-order valence-corrected chi connectivity index (χ2v) is 6.39. The number of nitrogens with zero attached hydrogens (tertiary/aromatic N) is 1. The van der Waals surface area contributed by atoms with Crippen LogP contribution in [0.3, 0.4) is 0 Å². The maximum Gasteiger partial charge on any atom is 0.319 e. The molecule has 0 saturated heterocycles. The molecule has 0 aliphatic carbocycles. The van der Waals surface area contributed by atoms with E-state index in [4.69, 9.17) is 0 Å². The van der Waals surface area contributed by atoms with E-state index in [1.54, 1.807) is 20.0 Å². The van der Waals surface area contributed by atoms with Gasteiger partial charge in [-0.1, -0.05) is 19.9 Å². The predicted octanol–water partition coefficient (Wildman–Crippen LogP) is 4.01. The normalized spacial score (nSPS) is 11.8. The van der Waals surface area contributed by atoms with Crippen LogP contribution in [0.5, 0.6) is 0 Å². The fourth-order valence-electron chi connectivity index (χ4n) is 2.16. The molecule has 7 heteroatoms. The Morgan fingerprint density at radius 3 is 2.42 bits per heavy atom. The first-order valence-corrected chi connectivity index (χ1v) is 8.36. The lowest BCUT2D eigenvalue weighted by Gasteiger charge is -2.16. The molecule has 0 aliphatic heterocycles. The SMILES string of the molecule is Cc1ccc([C@@H](C)NC(=O)Nc2ccc(F)c(NC(=O)C(C)C)c2)cn1. The summed E-state index contributed by atoms with van der Waals surface area (Å²) in [6.07, 6.45) is 1.71. The molecule has 138 valence electrons. The summed E-state index contributed by atoms with van der Waals surface area (Å²) < 4.78 is 13.8. The molecule has 0 aliphatic rings. The minimum Gasteiger partial charge on any atom is -0.331 e. The van der Waals surface area contributed by atoms with Gasteiger partial charge in [0, 0.05) is 23.5 Å². The number of hydrogen-bond acceptors (Lipinski definition) is 3. The smallest absolute Gasteiger partial charge is 0.319 e. The van der Waals surface area contributed by atoms with E-state index >= 15 is 0 Å². The zero-order chi connectivity index (χ0) is 19.3. The van der Waals surface area contributed by atoms with Crippen LogP contribution in [0.2, 0.25) is 0 Å². The van der Waals surface area contributed by atoms with Crippen LogP contribution < -0.4 is 16.0 Å². The number of benzene rings is 1. The molecule has 1 aromatic carbocycles. The Labute approximate surface area is 152 Å².